The van der Waals surface area contributed by atoms with Crippen molar-refractivity contribution in [3.05, 3.63) is 41.7 Å². The number of benzene rings is 1. The first kappa shape index (κ1) is 13.7. The Morgan fingerprint density at radius 2 is 2.10 bits per heavy atom. The third-order valence-corrected chi connectivity index (χ3v) is 3.93. The van der Waals surface area contributed by atoms with Crippen LogP contribution in [0.2, 0.25) is 0 Å². The average Bonchev–Trinajstić information content (AvgIpc) is 2.78. The summed E-state index contributed by atoms with van der Waals surface area (Å²) in [5.41, 5.74) is 4.06. The van der Waals surface area contributed by atoms with Gasteiger partial charge in [0.25, 0.3) is 5.17 Å². The van der Waals surface area contributed by atoms with Gasteiger partial charge in [-0.1, -0.05) is 6.07 Å². The normalized spacial score (nSPS) is 15.6. The molecule has 2 heterocycles. The summed E-state index contributed by atoms with van der Waals surface area (Å²) in [4.78, 5) is 0. The summed E-state index contributed by atoms with van der Waals surface area (Å²) in [7, 11) is 1.87. The van der Waals surface area contributed by atoms with Crippen LogP contribution in [-0.4, -0.2) is 9.74 Å². The van der Waals surface area contributed by atoms with Crippen LogP contribution < -0.4 is 5.32 Å². The van der Waals surface area contributed by atoms with Crippen molar-refractivity contribution in [2.45, 2.75) is 19.4 Å². The minimum Gasteiger partial charge on any atom is -0.460 e. The molecule has 0 bridgehead atoms. The summed E-state index contributed by atoms with van der Waals surface area (Å²) < 4.78 is 7.53. The summed E-state index contributed by atoms with van der Waals surface area (Å²) in [6, 6.07) is 10.2. The number of anilines is 1. The Morgan fingerprint density at radius 3 is 2.81 bits per heavy atom. The van der Waals surface area contributed by atoms with Crippen molar-refractivity contribution < 1.29 is 4.74 Å². The van der Waals surface area contributed by atoms with Gasteiger partial charge in [-0.2, -0.15) is 5.26 Å². The predicted molar refractivity (Wildman–Crippen MR) is 85.9 cm³/mol. The number of aromatic nitrogens is 1. The van der Waals surface area contributed by atoms with Gasteiger partial charge in [-0.05, 0) is 49.8 Å². The minimum atomic E-state index is -0.491. The number of hydrogen-bond acceptors (Lipinski definition) is 3. The predicted octanol–water partition coefficient (Wildman–Crippen LogP) is 3.53. The second kappa shape index (κ2) is 4.61. The molecule has 0 unspecified atom stereocenters. The fraction of sp³-hybridized carbons (Fsp3) is 0.250. The average molecular weight is 297 g/mol. The molecule has 1 aromatic heterocycles. The van der Waals surface area contributed by atoms with Crippen LogP contribution in [0.25, 0.3) is 11.1 Å². The molecule has 0 radical (unpaired) electrons. The van der Waals surface area contributed by atoms with Gasteiger partial charge < -0.3 is 14.6 Å². The lowest BCUT2D eigenvalue weighted by Crippen LogP contribution is -2.34. The van der Waals surface area contributed by atoms with Gasteiger partial charge in [-0.3, -0.25) is 0 Å². The molecule has 3 rings (SSSR count). The summed E-state index contributed by atoms with van der Waals surface area (Å²) in [5, 5.41) is 12.8. The van der Waals surface area contributed by atoms with Crippen molar-refractivity contribution in [3.8, 4) is 17.2 Å². The van der Waals surface area contributed by atoms with Gasteiger partial charge in [0.15, 0.2) is 0 Å². The first-order chi connectivity index (χ1) is 9.92. The van der Waals surface area contributed by atoms with E-state index in [-0.39, 0.29) is 0 Å². The lowest BCUT2D eigenvalue weighted by molar-refractivity contribution is 0.0947. The van der Waals surface area contributed by atoms with Crippen molar-refractivity contribution in [2.24, 2.45) is 7.05 Å². The smallest absolute Gasteiger partial charge is 0.262 e. The number of rotatable bonds is 1. The number of fused-ring (bicyclic) bond motifs is 1. The molecule has 1 aliphatic heterocycles. The van der Waals surface area contributed by atoms with Crippen LogP contribution in [0.1, 0.15) is 25.1 Å². The Hall–Kier alpha value is -2.32. The molecule has 1 aromatic carbocycles. The van der Waals surface area contributed by atoms with Crippen LogP contribution in [0.4, 0.5) is 5.69 Å². The van der Waals surface area contributed by atoms with Gasteiger partial charge in [-0.25, -0.2) is 0 Å². The van der Waals surface area contributed by atoms with E-state index in [1.165, 1.54) is 0 Å². The molecule has 0 amide bonds. The number of nitrogens with zero attached hydrogens (tertiary/aromatic N) is 2. The summed E-state index contributed by atoms with van der Waals surface area (Å²) in [6.07, 6.45) is 1.89. The van der Waals surface area contributed by atoms with Gasteiger partial charge in [-0.15, -0.1) is 0 Å². The molecule has 0 saturated heterocycles. The lowest BCUT2D eigenvalue weighted by atomic mass is 9.91. The SMILES string of the molecule is Cn1ccc(-c2ccc3c(c2)C(C)(C)OC(=S)N3)c1C#N. The zero-order chi connectivity index (χ0) is 15.2. The molecular formula is C16H15N3OS. The number of ether oxygens (including phenoxy) is 1. The van der Waals surface area contributed by atoms with Crippen LogP contribution in [0.5, 0.6) is 0 Å². The monoisotopic (exact) mass is 297 g/mol. The van der Waals surface area contributed by atoms with E-state index in [2.05, 4.69) is 17.5 Å². The maximum absolute atomic E-state index is 9.30. The number of hydrogen-bond donors (Lipinski definition) is 1. The summed E-state index contributed by atoms with van der Waals surface area (Å²) in [6.45, 7) is 3.97. The van der Waals surface area contributed by atoms with Gasteiger partial charge in [0.1, 0.15) is 17.4 Å². The van der Waals surface area contributed by atoms with Crippen LogP contribution in [0.15, 0.2) is 30.5 Å². The fourth-order valence-corrected chi connectivity index (χ4v) is 2.96. The van der Waals surface area contributed by atoms with Crippen molar-refractivity contribution in [1.29, 1.82) is 5.26 Å². The largest absolute Gasteiger partial charge is 0.460 e. The van der Waals surface area contributed by atoms with Crippen LogP contribution in [0.3, 0.4) is 0 Å². The fourth-order valence-electron chi connectivity index (χ4n) is 2.64. The number of aryl methyl sites for hydroxylation is 1. The zero-order valence-electron chi connectivity index (χ0n) is 12.1. The first-order valence-electron chi connectivity index (χ1n) is 6.63. The van der Waals surface area contributed by atoms with Crippen molar-refractivity contribution >= 4 is 23.1 Å². The maximum Gasteiger partial charge on any atom is 0.262 e. The molecule has 4 nitrogen and oxygen atoms in total. The van der Waals surface area contributed by atoms with Crippen LogP contribution >= 0.6 is 12.2 Å². The zero-order valence-corrected chi connectivity index (χ0v) is 12.9. The molecule has 0 aliphatic carbocycles. The minimum absolute atomic E-state index is 0.387. The van der Waals surface area contributed by atoms with Crippen molar-refractivity contribution in [3.63, 3.8) is 0 Å². The molecule has 5 heteroatoms. The van der Waals surface area contributed by atoms with Crippen molar-refractivity contribution in [1.82, 2.24) is 4.57 Å². The highest BCUT2D eigenvalue weighted by Crippen LogP contribution is 2.38. The third kappa shape index (κ3) is 2.18. The molecule has 106 valence electrons. The Bertz CT molecular complexity index is 783. The molecule has 0 spiro atoms. The van der Waals surface area contributed by atoms with Gasteiger partial charge in [0, 0.05) is 30.1 Å². The maximum atomic E-state index is 9.30. The second-order valence-electron chi connectivity index (χ2n) is 5.59. The van der Waals surface area contributed by atoms with Crippen LogP contribution in [-0.2, 0) is 17.4 Å². The van der Waals surface area contributed by atoms with Crippen LogP contribution in [0, 0.1) is 11.3 Å². The molecule has 2 aromatic rings. The molecule has 0 atom stereocenters. The standard InChI is InChI=1S/C16H15N3OS/c1-16(2)12-8-10(4-5-13(12)18-15(21)20-16)11-6-7-19(3)14(11)9-17/h4-8H,1-3H3,(H,18,21). The molecule has 0 fully saturated rings. The van der Waals surface area contributed by atoms with E-state index < -0.39 is 5.60 Å². The second-order valence-corrected chi connectivity index (χ2v) is 5.96. The van der Waals surface area contributed by atoms with E-state index in [1.54, 1.807) is 0 Å². The molecule has 21 heavy (non-hydrogen) atoms. The highest BCUT2D eigenvalue weighted by atomic mass is 32.1. The molecular weight excluding hydrogens is 282 g/mol. The Balaban J connectivity index is 2.16. The van der Waals surface area contributed by atoms with E-state index in [0.29, 0.717) is 10.9 Å². The van der Waals surface area contributed by atoms with Gasteiger partial charge in [0.05, 0.1) is 0 Å². The Labute approximate surface area is 129 Å². The Morgan fingerprint density at radius 1 is 1.33 bits per heavy atom. The van der Waals surface area contributed by atoms with E-state index in [9.17, 15) is 5.26 Å². The highest BCUT2D eigenvalue weighted by Gasteiger charge is 2.32. The third-order valence-electron chi connectivity index (χ3n) is 3.74. The van der Waals surface area contributed by atoms with E-state index >= 15 is 0 Å². The summed E-state index contributed by atoms with van der Waals surface area (Å²) in [5.74, 6) is 0. The number of nitrogens with one attached hydrogen (secondary N) is 1. The van der Waals surface area contributed by atoms with Gasteiger partial charge >= 0.3 is 0 Å². The van der Waals surface area contributed by atoms with E-state index in [1.807, 2.05) is 49.9 Å². The molecule has 1 aliphatic rings. The molecule has 1 N–H and O–H groups in total. The van der Waals surface area contributed by atoms with E-state index in [4.69, 9.17) is 17.0 Å². The number of nitriles is 1. The molecule has 0 saturated carbocycles. The topological polar surface area (TPSA) is 50.0 Å². The summed E-state index contributed by atoms with van der Waals surface area (Å²) >= 11 is 5.12. The highest BCUT2D eigenvalue weighted by molar-refractivity contribution is 7.80. The first-order valence-corrected chi connectivity index (χ1v) is 7.03. The van der Waals surface area contributed by atoms with Crippen molar-refractivity contribution in [2.75, 3.05) is 5.32 Å². The Kier molecular flexibility index (Phi) is 2.99. The van der Waals surface area contributed by atoms with E-state index in [0.717, 1.165) is 22.4 Å². The van der Waals surface area contributed by atoms with Gasteiger partial charge in [0.2, 0.25) is 0 Å². The quantitative estimate of drug-likeness (QED) is 0.818. The lowest BCUT2D eigenvalue weighted by Gasteiger charge is -2.34. The number of thiocarbonyl (C=S) groups is 1.